The molecule has 0 spiro atoms. The second-order valence-corrected chi connectivity index (χ2v) is 5.32. The predicted molar refractivity (Wildman–Crippen MR) is 71.4 cm³/mol. The minimum Gasteiger partial charge on any atom is -0.333 e. The van der Waals surface area contributed by atoms with Gasteiger partial charge in [0.05, 0.1) is 5.56 Å². The van der Waals surface area contributed by atoms with Crippen molar-refractivity contribution in [2.75, 3.05) is 13.1 Å². The third-order valence-electron chi connectivity index (χ3n) is 3.49. The summed E-state index contributed by atoms with van der Waals surface area (Å²) in [5.41, 5.74) is 0.678. The minimum atomic E-state index is 0.0927. The third kappa shape index (κ3) is 2.70. The Morgan fingerprint density at radius 2 is 2.33 bits per heavy atom. The maximum Gasteiger partial charge on any atom is 0.255 e. The summed E-state index contributed by atoms with van der Waals surface area (Å²) in [5, 5.41) is 3.44. The van der Waals surface area contributed by atoms with Crippen LogP contribution in [0.2, 0.25) is 0 Å². The van der Waals surface area contributed by atoms with Gasteiger partial charge in [-0.25, -0.2) is 0 Å². The van der Waals surface area contributed by atoms with Crippen LogP contribution in [-0.4, -0.2) is 41.0 Å². The first kappa shape index (κ1) is 13.0. The molecule has 2 unspecified atom stereocenters. The number of rotatable bonds is 2. The second-order valence-electron chi connectivity index (χ2n) is 5.32. The maximum absolute atomic E-state index is 12.5. The van der Waals surface area contributed by atoms with E-state index in [2.05, 4.69) is 31.1 Å². The molecule has 1 saturated heterocycles. The van der Waals surface area contributed by atoms with Crippen LogP contribution in [0.1, 0.15) is 31.1 Å². The zero-order chi connectivity index (χ0) is 13.1. The van der Waals surface area contributed by atoms with Crippen molar-refractivity contribution in [3.8, 4) is 0 Å². The van der Waals surface area contributed by atoms with Gasteiger partial charge in [0.15, 0.2) is 0 Å². The summed E-state index contributed by atoms with van der Waals surface area (Å²) < 4.78 is 0. The highest BCUT2D eigenvalue weighted by molar-refractivity contribution is 5.94. The number of carbonyl (C=O) groups is 1. The molecule has 0 bridgehead atoms. The monoisotopic (exact) mass is 247 g/mol. The van der Waals surface area contributed by atoms with Gasteiger partial charge in [0.2, 0.25) is 0 Å². The van der Waals surface area contributed by atoms with Gasteiger partial charge >= 0.3 is 0 Å². The van der Waals surface area contributed by atoms with Gasteiger partial charge in [-0.2, -0.15) is 0 Å². The van der Waals surface area contributed by atoms with E-state index in [0.717, 1.165) is 13.1 Å². The Hall–Kier alpha value is -1.42. The Kier molecular flexibility index (Phi) is 3.97. The Morgan fingerprint density at radius 1 is 1.56 bits per heavy atom. The summed E-state index contributed by atoms with van der Waals surface area (Å²) in [6.07, 6.45) is 3.34. The van der Waals surface area contributed by atoms with Crippen LogP contribution in [0.15, 0.2) is 24.5 Å². The quantitative estimate of drug-likeness (QED) is 0.862. The van der Waals surface area contributed by atoms with E-state index in [1.807, 2.05) is 17.0 Å². The van der Waals surface area contributed by atoms with E-state index in [-0.39, 0.29) is 11.9 Å². The molecule has 2 atom stereocenters. The zero-order valence-corrected chi connectivity index (χ0v) is 11.3. The smallest absolute Gasteiger partial charge is 0.255 e. The molecule has 0 aliphatic carbocycles. The van der Waals surface area contributed by atoms with E-state index in [1.54, 1.807) is 12.4 Å². The number of nitrogens with one attached hydrogen (secondary N) is 1. The van der Waals surface area contributed by atoms with E-state index >= 15 is 0 Å². The molecule has 2 rings (SSSR count). The third-order valence-corrected chi connectivity index (χ3v) is 3.49. The fourth-order valence-electron chi connectivity index (χ4n) is 2.41. The van der Waals surface area contributed by atoms with Crippen molar-refractivity contribution >= 4 is 5.91 Å². The van der Waals surface area contributed by atoms with Gasteiger partial charge in [0.25, 0.3) is 5.91 Å². The van der Waals surface area contributed by atoms with Crippen LogP contribution in [0.25, 0.3) is 0 Å². The molecule has 1 N–H and O–H groups in total. The lowest BCUT2D eigenvalue weighted by atomic mass is 9.98. The number of carbonyl (C=O) groups excluding carboxylic acids is 1. The number of nitrogens with zero attached hydrogens (tertiary/aromatic N) is 2. The average molecular weight is 247 g/mol. The molecule has 1 aromatic rings. The Bertz CT molecular complexity index is 405. The van der Waals surface area contributed by atoms with Crippen LogP contribution in [0, 0.1) is 5.92 Å². The Morgan fingerprint density at radius 3 is 2.94 bits per heavy atom. The standard InChI is InChI=1S/C14H21N3O/c1-10(2)13-8-16-11(3)9-17(13)14(18)12-5-4-6-15-7-12/h4-7,10-11,13,16H,8-9H2,1-3H3. The van der Waals surface area contributed by atoms with Gasteiger partial charge in [-0.1, -0.05) is 13.8 Å². The summed E-state index contributed by atoms with van der Waals surface area (Å²) in [6.45, 7) is 8.05. The molecule has 1 aliphatic rings. The molecule has 1 fully saturated rings. The van der Waals surface area contributed by atoms with E-state index in [4.69, 9.17) is 0 Å². The highest BCUT2D eigenvalue weighted by Crippen LogP contribution is 2.17. The van der Waals surface area contributed by atoms with Crippen LogP contribution >= 0.6 is 0 Å². The summed E-state index contributed by atoms with van der Waals surface area (Å²) in [7, 11) is 0. The SMILES string of the molecule is CC1CN(C(=O)c2cccnc2)C(C(C)C)CN1. The van der Waals surface area contributed by atoms with Crippen molar-refractivity contribution in [3.05, 3.63) is 30.1 Å². The Balaban J connectivity index is 2.20. The van der Waals surface area contributed by atoms with Gasteiger partial charge in [-0.15, -0.1) is 0 Å². The van der Waals surface area contributed by atoms with Crippen molar-refractivity contribution in [3.63, 3.8) is 0 Å². The van der Waals surface area contributed by atoms with E-state index in [0.29, 0.717) is 17.5 Å². The first-order valence-electron chi connectivity index (χ1n) is 6.54. The second kappa shape index (κ2) is 5.48. The van der Waals surface area contributed by atoms with Crippen molar-refractivity contribution in [1.29, 1.82) is 0 Å². The fraction of sp³-hybridized carbons (Fsp3) is 0.571. The molecule has 18 heavy (non-hydrogen) atoms. The molecule has 1 aliphatic heterocycles. The van der Waals surface area contributed by atoms with Gasteiger partial charge in [0, 0.05) is 37.6 Å². The normalized spacial score (nSPS) is 24.3. The van der Waals surface area contributed by atoms with Crippen molar-refractivity contribution < 1.29 is 4.79 Å². The largest absolute Gasteiger partial charge is 0.333 e. The predicted octanol–water partition coefficient (Wildman–Crippen LogP) is 1.54. The first-order chi connectivity index (χ1) is 8.59. The zero-order valence-electron chi connectivity index (χ0n) is 11.3. The molecule has 2 heterocycles. The van der Waals surface area contributed by atoms with Crippen LogP contribution in [-0.2, 0) is 0 Å². The van der Waals surface area contributed by atoms with E-state index in [1.165, 1.54) is 0 Å². The fourth-order valence-corrected chi connectivity index (χ4v) is 2.41. The van der Waals surface area contributed by atoms with Gasteiger partial charge < -0.3 is 10.2 Å². The maximum atomic E-state index is 12.5. The number of piperazine rings is 1. The molecule has 98 valence electrons. The summed E-state index contributed by atoms with van der Waals surface area (Å²) in [4.78, 5) is 18.5. The van der Waals surface area contributed by atoms with Crippen molar-refractivity contribution in [2.24, 2.45) is 5.92 Å². The van der Waals surface area contributed by atoms with Gasteiger partial charge in [-0.3, -0.25) is 9.78 Å². The summed E-state index contributed by atoms with van der Waals surface area (Å²) in [6, 6.07) is 4.25. The number of aromatic nitrogens is 1. The lowest BCUT2D eigenvalue weighted by Crippen LogP contribution is -2.59. The minimum absolute atomic E-state index is 0.0927. The van der Waals surface area contributed by atoms with Crippen LogP contribution in [0.3, 0.4) is 0 Å². The van der Waals surface area contributed by atoms with Crippen molar-refractivity contribution in [2.45, 2.75) is 32.9 Å². The lowest BCUT2D eigenvalue weighted by Gasteiger charge is -2.41. The van der Waals surface area contributed by atoms with E-state index < -0.39 is 0 Å². The molecule has 0 aromatic carbocycles. The van der Waals surface area contributed by atoms with Crippen molar-refractivity contribution in [1.82, 2.24) is 15.2 Å². The summed E-state index contributed by atoms with van der Waals surface area (Å²) >= 11 is 0. The molecular formula is C14H21N3O. The topological polar surface area (TPSA) is 45.2 Å². The number of hydrogen-bond acceptors (Lipinski definition) is 3. The van der Waals surface area contributed by atoms with Gasteiger partial charge in [-0.05, 0) is 25.0 Å². The van der Waals surface area contributed by atoms with Crippen LogP contribution in [0.5, 0.6) is 0 Å². The average Bonchev–Trinajstić information content (AvgIpc) is 2.38. The molecule has 0 saturated carbocycles. The van der Waals surface area contributed by atoms with Crippen LogP contribution < -0.4 is 5.32 Å². The van der Waals surface area contributed by atoms with Gasteiger partial charge in [0.1, 0.15) is 0 Å². The molecule has 1 amide bonds. The number of hydrogen-bond donors (Lipinski definition) is 1. The Labute approximate surface area is 108 Å². The molecule has 0 radical (unpaired) electrons. The van der Waals surface area contributed by atoms with Crippen LogP contribution in [0.4, 0.5) is 0 Å². The molecule has 1 aromatic heterocycles. The van der Waals surface area contributed by atoms with E-state index in [9.17, 15) is 4.79 Å². The molecular weight excluding hydrogens is 226 g/mol. The molecule has 4 nitrogen and oxygen atoms in total. The highest BCUT2D eigenvalue weighted by Gasteiger charge is 2.31. The highest BCUT2D eigenvalue weighted by atomic mass is 16.2. The number of amides is 1. The first-order valence-corrected chi connectivity index (χ1v) is 6.54. The lowest BCUT2D eigenvalue weighted by molar-refractivity contribution is 0.0521. The number of pyridine rings is 1. The molecule has 4 heteroatoms. The summed E-state index contributed by atoms with van der Waals surface area (Å²) in [5.74, 6) is 0.542.